The Morgan fingerprint density at radius 2 is 1.53 bits per heavy atom. The second-order valence-corrected chi connectivity index (χ2v) is 8.22. The number of carbonyl (C=O) groups excluding carboxylic acids is 3. The molecule has 196 valence electrons. The number of esters is 1. The van der Waals surface area contributed by atoms with Gasteiger partial charge in [-0.3, -0.25) is 28.3 Å². The zero-order valence-electron chi connectivity index (χ0n) is 20.8. The van der Waals surface area contributed by atoms with E-state index in [1.165, 1.54) is 29.6 Å². The summed E-state index contributed by atoms with van der Waals surface area (Å²) in [4.78, 5) is 65.5. The summed E-state index contributed by atoms with van der Waals surface area (Å²) in [7, 11) is 4.34. The van der Waals surface area contributed by atoms with Crippen LogP contribution in [0.3, 0.4) is 0 Å². The minimum atomic E-state index is -0.777. The first-order valence-electron chi connectivity index (χ1n) is 11.3. The Kier molecular flexibility index (Phi) is 7.37. The van der Waals surface area contributed by atoms with E-state index in [0.717, 1.165) is 4.57 Å². The summed E-state index contributed by atoms with van der Waals surface area (Å²) in [6.45, 7) is -0.948. The van der Waals surface area contributed by atoms with E-state index in [1.54, 1.807) is 55.6 Å². The lowest BCUT2D eigenvalue weighted by atomic mass is 10.2. The monoisotopic (exact) mass is 520 g/mol. The van der Waals surface area contributed by atoms with Crippen LogP contribution in [0.25, 0.3) is 11.2 Å². The molecule has 4 aromatic rings. The molecule has 0 aliphatic carbocycles. The van der Waals surface area contributed by atoms with Crippen LogP contribution >= 0.6 is 0 Å². The Hall–Kier alpha value is -5.20. The van der Waals surface area contributed by atoms with Crippen LogP contribution in [0.2, 0.25) is 0 Å². The van der Waals surface area contributed by atoms with Crippen molar-refractivity contribution in [3.8, 4) is 5.75 Å². The molecule has 0 atom stereocenters. The van der Waals surface area contributed by atoms with Gasteiger partial charge in [0.15, 0.2) is 17.8 Å². The number of methoxy groups -OCH3 is 1. The molecule has 4 rings (SSSR count). The smallest absolute Gasteiger partial charge is 0.332 e. The van der Waals surface area contributed by atoms with Gasteiger partial charge in [-0.1, -0.05) is 0 Å². The first kappa shape index (κ1) is 25.9. The van der Waals surface area contributed by atoms with Crippen molar-refractivity contribution in [2.45, 2.75) is 6.54 Å². The molecule has 0 saturated heterocycles. The van der Waals surface area contributed by atoms with E-state index < -0.39 is 29.7 Å². The van der Waals surface area contributed by atoms with Crippen LogP contribution in [0.5, 0.6) is 5.75 Å². The van der Waals surface area contributed by atoms with Crippen molar-refractivity contribution in [1.29, 1.82) is 0 Å². The number of aromatic nitrogens is 4. The Morgan fingerprint density at radius 1 is 0.895 bits per heavy atom. The molecule has 0 aliphatic heterocycles. The summed E-state index contributed by atoms with van der Waals surface area (Å²) in [5, 5.41) is 5.33. The lowest BCUT2D eigenvalue weighted by Gasteiger charge is -2.09. The minimum absolute atomic E-state index is 0.0621. The number of anilines is 2. The largest absolute Gasteiger partial charge is 0.497 e. The molecule has 2 heterocycles. The lowest BCUT2D eigenvalue weighted by molar-refractivity contribution is -0.147. The number of aryl methyl sites for hydroxylation is 1. The number of benzene rings is 2. The van der Waals surface area contributed by atoms with Gasteiger partial charge in [-0.2, -0.15) is 0 Å². The quantitative estimate of drug-likeness (QED) is 0.324. The molecule has 2 amide bonds. The topological polar surface area (TPSA) is 156 Å². The molecule has 0 radical (unpaired) electrons. The molecule has 0 unspecified atom stereocenters. The molecule has 0 fully saturated rings. The molecule has 2 N–H and O–H groups in total. The molecule has 2 aromatic carbocycles. The zero-order valence-corrected chi connectivity index (χ0v) is 20.8. The number of amides is 2. The first-order chi connectivity index (χ1) is 18.2. The summed E-state index contributed by atoms with van der Waals surface area (Å²) in [5.41, 5.74) is 0.420. The molecule has 13 heteroatoms. The Bertz CT molecular complexity index is 1630. The Balaban J connectivity index is 1.30. The predicted molar refractivity (Wildman–Crippen MR) is 137 cm³/mol. The average molecular weight is 521 g/mol. The van der Waals surface area contributed by atoms with Gasteiger partial charge in [0.05, 0.1) is 13.4 Å². The number of imidazole rings is 1. The van der Waals surface area contributed by atoms with Gasteiger partial charge in [0.25, 0.3) is 17.4 Å². The van der Waals surface area contributed by atoms with E-state index in [4.69, 9.17) is 9.47 Å². The highest BCUT2D eigenvalue weighted by atomic mass is 16.5. The number of carbonyl (C=O) groups is 3. The Morgan fingerprint density at radius 3 is 2.18 bits per heavy atom. The van der Waals surface area contributed by atoms with Crippen molar-refractivity contribution < 1.29 is 23.9 Å². The summed E-state index contributed by atoms with van der Waals surface area (Å²) in [5.74, 6) is -1.03. The maximum Gasteiger partial charge on any atom is 0.332 e. The fourth-order valence-corrected chi connectivity index (χ4v) is 3.63. The van der Waals surface area contributed by atoms with Crippen molar-refractivity contribution in [2.75, 3.05) is 24.4 Å². The van der Waals surface area contributed by atoms with Gasteiger partial charge in [-0.15, -0.1) is 0 Å². The van der Waals surface area contributed by atoms with Crippen molar-refractivity contribution >= 4 is 40.3 Å². The number of fused-ring (bicyclic) bond motifs is 1. The van der Waals surface area contributed by atoms with Crippen molar-refractivity contribution in [3.05, 3.63) is 81.3 Å². The van der Waals surface area contributed by atoms with E-state index in [-0.39, 0.29) is 23.6 Å². The van der Waals surface area contributed by atoms with E-state index in [2.05, 4.69) is 15.6 Å². The van der Waals surface area contributed by atoms with E-state index in [1.807, 2.05) is 0 Å². The Labute approximate surface area is 215 Å². The second kappa shape index (κ2) is 10.8. The SMILES string of the molecule is COc1ccc(NC(=O)c2ccc(NC(=O)COC(=O)Cn3cnc4c3c(=O)n(C)c(=O)n4C)cc2)cc1. The van der Waals surface area contributed by atoms with E-state index >= 15 is 0 Å². The molecule has 0 aliphatic rings. The standard InChI is InChI=1S/C25H24N6O7/c1-29-22-21(24(35)30(2)25(29)36)31(14-26-22)12-20(33)38-13-19(32)27-16-6-4-15(5-7-16)23(34)28-17-8-10-18(37-3)11-9-17/h4-11,14H,12-13H2,1-3H3,(H,27,32)(H,28,34). The summed E-state index contributed by atoms with van der Waals surface area (Å²) >= 11 is 0. The van der Waals surface area contributed by atoms with Crippen LogP contribution < -0.4 is 26.6 Å². The summed E-state index contributed by atoms with van der Waals surface area (Å²) in [6.07, 6.45) is 1.25. The summed E-state index contributed by atoms with van der Waals surface area (Å²) in [6, 6.07) is 13.0. The number of rotatable bonds is 8. The normalized spacial score (nSPS) is 10.7. The van der Waals surface area contributed by atoms with Crippen LogP contribution in [-0.4, -0.2) is 50.2 Å². The predicted octanol–water partition coefficient (Wildman–Crippen LogP) is 0.877. The lowest BCUT2D eigenvalue weighted by Crippen LogP contribution is -2.37. The maximum absolute atomic E-state index is 12.5. The third-order valence-corrected chi connectivity index (χ3v) is 5.66. The molecular weight excluding hydrogens is 496 g/mol. The van der Waals surface area contributed by atoms with Crippen LogP contribution in [0, 0.1) is 0 Å². The molecule has 0 bridgehead atoms. The van der Waals surface area contributed by atoms with Crippen LogP contribution in [0.15, 0.2) is 64.4 Å². The average Bonchev–Trinajstić information content (AvgIpc) is 3.34. The van der Waals surface area contributed by atoms with Gasteiger partial charge in [0, 0.05) is 31.0 Å². The third-order valence-electron chi connectivity index (χ3n) is 5.66. The van der Waals surface area contributed by atoms with E-state index in [9.17, 15) is 24.0 Å². The van der Waals surface area contributed by atoms with Gasteiger partial charge in [-0.05, 0) is 48.5 Å². The highest BCUT2D eigenvalue weighted by Crippen LogP contribution is 2.17. The van der Waals surface area contributed by atoms with Crippen molar-refractivity contribution in [2.24, 2.45) is 14.1 Å². The molecule has 13 nitrogen and oxygen atoms in total. The van der Waals surface area contributed by atoms with Crippen LogP contribution in [0.4, 0.5) is 11.4 Å². The fourth-order valence-electron chi connectivity index (χ4n) is 3.63. The fraction of sp³-hybridized carbons (Fsp3) is 0.200. The van der Waals surface area contributed by atoms with Crippen LogP contribution in [0.1, 0.15) is 10.4 Å². The third kappa shape index (κ3) is 5.46. The van der Waals surface area contributed by atoms with Crippen molar-refractivity contribution in [1.82, 2.24) is 18.7 Å². The molecule has 38 heavy (non-hydrogen) atoms. The second-order valence-electron chi connectivity index (χ2n) is 8.22. The zero-order chi connectivity index (χ0) is 27.4. The van der Waals surface area contributed by atoms with Gasteiger partial charge in [0.2, 0.25) is 0 Å². The van der Waals surface area contributed by atoms with Gasteiger partial charge in [-0.25, -0.2) is 9.78 Å². The van der Waals surface area contributed by atoms with Gasteiger partial charge in [0.1, 0.15) is 12.3 Å². The first-order valence-corrected chi connectivity index (χ1v) is 11.3. The van der Waals surface area contributed by atoms with E-state index in [0.29, 0.717) is 22.7 Å². The number of ether oxygens (including phenoxy) is 2. The van der Waals surface area contributed by atoms with Gasteiger partial charge >= 0.3 is 11.7 Å². The molecule has 2 aromatic heterocycles. The summed E-state index contributed by atoms with van der Waals surface area (Å²) < 4.78 is 13.5. The minimum Gasteiger partial charge on any atom is -0.497 e. The molecule has 0 spiro atoms. The van der Waals surface area contributed by atoms with Crippen molar-refractivity contribution in [3.63, 3.8) is 0 Å². The highest BCUT2D eigenvalue weighted by molar-refractivity contribution is 6.04. The highest BCUT2D eigenvalue weighted by Gasteiger charge is 2.17. The number of nitrogens with one attached hydrogen (secondary N) is 2. The van der Waals surface area contributed by atoms with Crippen LogP contribution in [-0.2, 0) is 35.0 Å². The number of nitrogens with zero attached hydrogens (tertiary/aromatic N) is 4. The maximum atomic E-state index is 12.5. The number of hydrogen-bond acceptors (Lipinski definition) is 8. The number of hydrogen-bond donors (Lipinski definition) is 2. The molecular formula is C25H24N6O7. The van der Waals surface area contributed by atoms with Gasteiger partial charge < -0.3 is 24.7 Å². The molecule has 0 saturated carbocycles.